The molecule has 0 fully saturated rings. The Kier molecular flexibility index (Phi) is 4.42. The lowest BCUT2D eigenvalue weighted by Crippen LogP contribution is -2.08. The molecule has 0 bridgehead atoms. The molecule has 0 atom stereocenters. The number of ether oxygens (including phenoxy) is 1. The Morgan fingerprint density at radius 2 is 1.81 bits per heavy atom. The monoisotopic (exact) mass is 318 g/mol. The second-order valence-corrected chi connectivity index (χ2v) is 4.73. The fourth-order valence-electron chi connectivity index (χ4n) is 1.85. The van der Waals surface area contributed by atoms with Gasteiger partial charge in [0.1, 0.15) is 17.3 Å². The van der Waals surface area contributed by atoms with E-state index in [2.05, 4.69) is 0 Å². The molecule has 0 spiro atoms. The van der Waals surface area contributed by atoms with Crippen LogP contribution in [-0.2, 0) is 12.1 Å². The van der Waals surface area contributed by atoms with Gasteiger partial charge in [-0.2, -0.15) is 13.2 Å². The van der Waals surface area contributed by atoms with Crippen molar-refractivity contribution in [2.75, 3.05) is 0 Å². The summed E-state index contributed by atoms with van der Waals surface area (Å²) in [4.78, 5) is 0. The number of hydrogen-bond donors (Lipinski definition) is 0. The number of hydrogen-bond acceptors (Lipinski definition) is 1. The molecule has 0 heterocycles. The Labute approximate surface area is 124 Å². The second kappa shape index (κ2) is 5.93. The lowest BCUT2D eigenvalue weighted by atomic mass is 10.1. The summed E-state index contributed by atoms with van der Waals surface area (Å²) in [5, 5.41) is 0. The molecule has 0 aliphatic carbocycles. The van der Waals surface area contributed by atoms with Crippen LogP contribution in [0.5, 0.6) is 11.5 Å². The van der Waals surface area contributed by atoms with Crippen LogP contribution in [0.4, 0.5) is 17.6 Å². The van der Waals surface area contributed by atoms with E-state index in [9.17, 15) is 17.6 Å². The van der Waals surface area contributed by atoms with Crippen molar-refractivity contribution in [2.24, 2.45) is 0 Å². The zero-order valence-electron chi connectivity index (χ0n) is 11.0. The molecule has 0 saturated heterocycles. The molecule has 0 N–H and O–H groups in total. The summed E-state index contributed by atoms with van der Waals surface area (Å²) in [5.74, 6) is -0.368. The van der Waals surface area contributed by atoms with Crippen molar-refractivity contribution >= 4 is 11.6 Å². The lowest BCUT2D eigenvalue weighted by Gasteiger charge is -2.14. The van der Waals surface area contributed by atoms with Crippen molar-refractivity contribution in [3.8, 4) is 11.5 Å². The summed E-state index contributed by atoms with van der Waals surface area (Å²) < 4.78 is 57.1. The highest BCUT2D eigenvalue weighted by molar-refractivity contribution is 6.17. The predicted octanol–water partition coefficient (Wildman–Crippen LogP) is 5.68. The average Bonchev–Trinajstić information content (AvgIpc) is 2.41. The normalized spacial score (nSPS) is 11.5. The van der Waals surface area contributed by atoms with E-state index in [1.165, 1.54) is 30.3 Å². The van der Waals surface area contributed by atoms with Gasteiger partial charge in [0, 0.05) is 5.88 Å². The van der Waals surface area contributed by atoms with Gasteiger partial charge >= 0.3 is 6.18 Å². The highest BCUT2D eigenvalue weighted by atomic mass is 35.5. The van der Waals surface area contributed by atoms with Crippen LogP contribution >= 0.6 is 11.6 Å². The molecule has 0 amide bonds. The Hall–Kier alpha value is -1.75. The minimum atomic E-state index is -4.51. The van der Waals surface area contributed by atoms with E-state index in [4.69, 9.17) is 16.3 Å². The third-order valence-corrected chi connectivity index (χ3v) is 3.18. The summed E-state index contributed by atoms with van der Waals surface area (Å²) in [6, 6.07) is 7.35. The molecule has 0 unspecified atom stereocenters. The molecule has 2 aromatic carbocycles. The molecule has 2 rings (SSSR count). The molecule has 1 nitrogen and oxygen atoms in total. The van der Waals surface area contributed by atoms with E-state index in [0.29, 0.717) is 11.3 Å². The summed E-state index contributed by atoms with van der Waals surface area (Å²) >= 11 is 5.51. The molecule has 0 aliphatic rings. The van der Waals surface area contributed by atoms with Gasteiger partial charge < -0.3 is 4.74 Å². The van der Waals surface area contributed by atoms with Crippen molar-refractivity contribution in [1.82, 2.24) is 0 Å². The highest BCUT2D eigenvalue weighted by Crippen LogP contribution is 2.36. The fourth-order valence-corrected chi connectivity index (χ4v) is 2.09. The largest absolute Gasteiger partial charge is 0.457 e. The minimum Gasteiger partial charge on any atom is -0.457 e. The Morgan fingerprint density at radius 1 is 1.10 bits per heavy atom. The van der Waals surface area contributed by atoms with Crippen molar-refractivity contribution in [1.29, 1.82) is 0 Å². The van der Waals surface area contributed by atoms with Gasteiger partial charge in [0.25, 0.3) is 0 Å². The van der Waals surface area contributed by atoms with Crippen LogP contribution in [-0.4, -0.2) is 0 Å². The average molecular weight is 319 g/mol. The first-order valence-electron chi connectivity index (χ1n) is 6.01. The summed E-state index contributed by atoms with van der Waals surface area (Å²) in [6.07, 6.45) is -4.51. The van der Waals surface area contributed by atoms with Crippen LogP contribution in [0.15, 0.2) is 36.4 Å². The van der Waals surface area contributed by atoms with Crippen molar-refractivity contribution in [2.45, 2.75) is 19.0 Å². The van der Waals surface area contributed by atoms with Gasteiger partial charge in [-0.1, -0.05) is 6.07 Å². The van der Waals surface area contributed by atoms with E-state index in [1.807, 2.05) is 0 Å². The van der Waals surface area contributed by atoms with Gasteiger partial charge in [0.15, 0.2) is 0 Å². The number of aryl methyl sites for hydroxylation is 1. The molecule has 21 heavy (non-hydrogen) atoms. The minimum absolute atomic E-state index is 0.0194. The summed E-state index contributed by atoms with van der Waals surface area (Å²) in [7, 11) is 0. The molecule has 0 radical (unpaired) electrons. The Bertz CT molecular complexity index is 653. The third kappa shape index (κ3) is 3.67. The van der Waals surface area contributed by atoms with Gasteiger partial charge in [-0.25, -0.2) is 4.39 Å². The molecular formula is C15H11ClF4O. The highest BCUT2D eigenvalue weighted by Gasteiger charge is 2.33. The van der Waals surface area contributed by atoms with Crippen LogP contribution in [0.25, 0.3) is 0 Å². The van der Waals surface area contributed by atoms with Crippen LogP contribution in [0, 0.1) is 12.7 Å². The van der Waals surface area contributed by atoms with E-state index in [0.717, 1.165) is 6.07 Å². The van der Waals surface area contributed by atoms with E-state index < -0.39 is 17.6 Å². The third-order valence-electron chi connectivity index (χ3n) is 2.90. The van der Waals surface area contributed by atoms with E-state index in [1.54, 1.807) is 6.92 Å². The molecule has 0 aliphatic heterocycles. The zero-order valence-corrected chi connectivity index (χ0v) is 11.7. The quantitative estimate of drug-likeness (QED) is 0.522. The van der Waals surface area contributed by atoms with Gasteiger partial charge in [-0.05, 0) is 48.4 Å². The van der Waals surface area contributed by atoms with Crippen LogP contribution in [0.2, 0.25) is 0 Å². The first-order chi connectivity index (χ1) is 9.81. The maximum Gasteiger partial charge on any atom is 0.416 e. The SMILES string of the molecule is Cc1cc(F)ccc1Oc1ccc(CCl)c(C(F)(F)F)c1. The van der Waals surface area contributed by atoms with Crippen LogP contribution in [0.1, 0.15) is 16.7 Å². The zero-order chi connectivity index (χ0) is 15.6. The second-order valence-electron chi connectivity index (χ2n) is 4.46. The summed E-state index contributed by atoms with van der Waals surface area (Å²) in [6.45, 7) is 1.61. The first-order valence-corrected chi connectivity index (χ1v) is 6.55. The van der Waals surface area contributed by atoms with Crippen LogP contribution < -0.4 is 4.74 Å². The molecule has 0 saturated carbocycles. The predicted molar refractivity (Wildman–Crippen MR) is 72.2 cm³/mol. The topological polar surface area (TPSA) is 9.23 Å². The molecule has 6 heteroatoms. The van der Waals surface area contributed by atoms with Gasteiger partial charge in [0.05, 0.1) is 5.56 Å². The standard InChI is InChI=1S/C15H11ClF4O/c1-9-6-11(17)3-5-14(9)21-12-4-2-10(8-16)13(7-12)15(18,19)20/h2-7H,8H2,1H3. The van der Waals surface area contributed by atoms with Gasteiger partial charge in [0.2, 0.25) is 0 Å². The first kappa shape index (κ1) is 15.6. The number of halogens is 5. The van der Waals surface area contributed by atoms with Gasteiger partial charge in [-0.3, -0.25) is 0 Å². The Balaban J connectivity index is 2.37. The molecule has 112 valence electrons. The molecule has 2 aromatic rings. The van der Waals surface area contributed by atoms with Gasteiger partial charge in [-0.15, -0.1) is 11.6 Å². The maximum atomic E-state index is 13.0. The molecular weight excluding hydrogens is 308 g/mol. The van der Waals surface area contributed by atoms with E-state index >= 15 is 0 Å². The fraction of sp³-hybridized carbons (Fsp3) is 0.200. The van der Waals surface area contributed by atoms with E-state index in [-0.39, 0.29) is 17.2 Å². The van der Waals surface area contributed by atoms with Crippen molar-refractivity contribution in [3.63, 3.8) is 0 Å². The smallest absolute Gasteiger partial charge is 0.416 e. The number of rotatable bonds is 3. The summed E-state index contributed by atoms with van der Waals surface area (Å²) in [5.41, 5.74) is -0.368. The van der Waals surface area contributed by atoms with Crippen molar-refractivity contribution < 1.29 is 22.3 Å². The van der Waals surface area contributed by atoms with Crippen LogP contribution in [0.3, 0.4) is 0 Å². The molecule has 0 aromatic heterocycles. The maximum absolute atomic E-state index is 13.0. The Morgan fingerprint density at radius 3 is 2.38 bits per heavy atom. The lowest BCUT2D eigenvalue weighted by molar-refractivity contribution is -0.138. The van der Waals surface area contributed by atoms with Crippen molar-refractivity contribution in [3.05, 3.63) is 58.9 Å². The number of alkyl halides is 4. The number of benzene rings is 2.